The van der Waals surface area contributed by atoms with E-state index in [4.69, 9.17) is 9.84 Å². The Labute approximate surface area is 122 Å². The molecule has 1 N–H and O–H groups in total. The molecule has 2 aliphatic rings. The summed E-state index contributed by atoms with van der Waals surface area (Å²) in [5.74, 6) is -0.950. The van der Waals surface area contributed by atoms with Crippen molar-refractivity contribution in [2.45, 2.75) is 24.8 Å². The van der Waals surface area contributed by atoms with Crippen LogP contribution in [0.2, 0.25) is 0 Å². The third kappa shape index (κ3) is 2.39. The molecule has 5 heteroatoms. The van der Waals surface area contributed by atoms with Gasteiger partial charge >= 0.3 is 12.1 Å². The molecular formula is C16H17NO4. The number of ether oxygens (including phenoxy) is 1. The van der Waals surface area contributed by atoms with Crippen molar-refractivity contribution in [1.82, 2.24) is 4.90 Å². The van der Waals surface area contributed by atoms with Gasteiger partial charge in [0.1, 0.15) is 6.61 Å². The summed E-state index contributed by atoms with van der Waals surface area (Å²) in [6, 6.07) is 5.22. The first-order chi connectivity index (χ1) is 10.1. The smallest absolute Gasteiger partial charge is 0.410 e. The molecule has 1 aliphatic carbocycles. The number of hydrogen-bond donors (Lipinski definition) is 1. The van der Waals surface area contributed by atoms with Gasteiger partial charge in [-0.3, -0.25) is 0 Å². The Morgan fingerprint density at radius 1 is 1.43 bits per heavy atom. The van der Waals surface area contributed by atoms with Crippen LogP contribution < -0.4 is 0 Å². The van der Waals surface area contributed by atoms with Crippen LogP contribution in [0.3, 0.4) is 0 Å². The van der Waals surface area contributed by atoms with E-state index < -0.39 is 5.97 Å². The predicted octanol–water partition coefficient (Wildman–Crippen LogP) is 2.55. The number of carbonyl (C=O) groups is 2. The normalized spacial score (nSPS) is 18.0. The quantitative estimate of drug-likeness (QED) is 0.868. The Hall–Kier alpha value is -2.30. The topological polar surface area (TPSA) is 66.8 Å². The first-order valence-electron chi connectivity index (χ1n) is 6.95. The zero-order chi connectivity index (χ0) is 15.0. The maximum atomic E-state index is 12.0. The van der Waals surface area contributed by atoms with E-state index in [2.05, 4.69) is 6.58 Å². The molecular weight excluding hydrogens is 270 g/mol. The van der Waals surface area contributed by atoms with Gasteiger partial charge in [-0.15, -0.1) is 0 Å². The summed E-state index contributed by atoms with van der Waals surface area (Å²) in [6.07, 6.45) is 3.22. The van der Waals surface area contributed by atoms with E-state index in [1.54, 1.807) is 17.0 Å². The van der Waals surface area contributed by atoms with Gasteiger partial charge in [0.2, 0.25) is 0 Å². The molecule has 1 fully saturated rings. The van der Waals surface area contributed by atoms with Gasteiger partial charge in [-0.1, -0.05) is 18.7 Å². The Morgan fingerprint density at radius 2 is 2.19 bits per heavy atom. The number of amides is 1. The summed E-state index contributed by atoms with van der Waals surface area (Å²) in [7, 11) is 0. The number of hydrogen-bond acceptors (Lipinski definition) is 3. The van der Waals surface area contributed by atoms with Crippen molar-refractivity contribution in [3.05, 3.63) is 47.5 Å². The molecule has 0 aromatic heterocycles. The lowest BCUT2D eigenvalue weighted by atomic mass is 9.86. The fourth-order valence-electron chi connectivity index (χ4n) is 3.02. The molecule has 1 aromatic rings. The molecule has 1 saturated carbocycles. The summed E-state index contributed by atoms with van der Waals surface area (Å²) in [5.41, 5.74) is 2.35. The van der Waals surface area contributed by atoms with Crippen molar-refractivity contribution in [2.24, 2.45) is 0 Å². The molecule has 110 valence electrons. The molecule has 0 bridgehead atoms. The number of carboxylic acid groups (broad SMARTS) is 1. The molecule has 21 heavy (non-hydrogen) atoms. The van der Waals surface area contributed by atoms with Crippen LogP contribution in [0.1, 0.15) is 34.3 Å². The molecule has 1 heterocycles. The second kappa shape index (κ2) is 4.91. The Bertz CT molecular complexity index is 619. The van der Waals surface area contributed by atoms with E-state index in [0.29, 0.717) is 13.1 Å². The van der Waals surface area contributed by atoms with E-state index >= 15 is 0 Å². The standard InChI is InChI=1S/C16H17NO4/c1-2-7-21-15(20)17-9-12-8-11(14(18)19)3-4-13(12)16(10-17)5-6-16/h2-4,8H,1,5-7,9-10H2,(H,18,19). The van der Waals surface area contributed by atoms with E-state index in [0.717, 1.165) is 18.4 Å². The third-order valence-electron chi connectivity index (χ3n) is 4.21. The molecule has 1 aromatic carbocycles. The third-order valence-corrected chi connectivity index (χ3v) is 4.21. The molecule has 0 radical (unpaired) electrons. The van der Waals surface area contributed by atoms with Crippen molar-refractivity contribution in [2.75, 3.05) is 13.2 Å². The lowest BCUT2D eigenvalue weighted by Crippen LogP contribution is -2.42. The lowest BCUT2D eigenvalue weighted by Gasteiger charge is -2.34. The summed E-state index contributed by atoms with van der Waals surface area (Å²) in [5, 5.41) is 9.11. The van der Waals surface area contributed by atoms with Crippen molar-refractivity contribution in [3.63, 3.8) is 0 Å². The van der Waals surface area contributed by atoms with Gasteiger partial charge in [-0.25, -0.2) is 9.59 Å². The van der Waals surface area contributed by atoms with Gasteiger partial charge in [0.25, 0.3) is 0 Å². The minimum atomic E-state index is -0.950. The van der Waals surface area contributed by atoms with Crippen LogP contribution >= 0.6 is 0 Å². The van der Waals surface area contributed by atoms with Crippen LogP contribution in [0.4, 0.5) is 4.79 Å². The molecule has 0 unspecified atom stereocenters. The van der Waals surface area contributed by atoms with Crippen LogP contribution in [-0.2, 0) is 16.7 Å². The van der Waals surface area contributed by atoms with Gasteiger partial charge in [-0.2, -0.15) is 0 Å². The Kier molecular flexibility index (Phi) is 3.20. The van der Waals surface area contributed by atoms with E-state index in [9.17, 15) is 9.59 Å². The Morgan fingerprint density at radius 3 is 2.81 bits per heavy atom. The second-order valence-electron chi connectivity index (χ2n) is 5.68. The number of carbonyl (C=O) groups excluding carboxylic acids is 1. The van der Waals surface area contributed by atoms with Gasteiger partial charge < -0.3 is 14.7 Å². The minimum absolute atomic E-state index is 0.00217. The van der Waals surface area contributed by atoms with Gasteiger partial charge in [0.05, 0.1) is 5.56 Å². The lowest BCUT2D eigenvalue weighted by molar-refractivity contribution is 0.0696. The molecule has 1 aliphatic heterocycles. The highest BCUT2D eigenvalue weighted by Crippen LogP contribution is 2.52. The number of carboxylic acids is 1. The summed E-state index contributed by atoms with van der Waals surface area (Å²) in [4.78, 5) is 24.8. The van der Waals surface area contributed by atoms with Crippen molar-refractivity contribution in [3.8, 4) is 0 Å². The van der Waals surface area contributed by atoms with Gasteiger partial charge in [-0.05, 0) is 36.1 Å². The summed E-state index contributed by atoms with van der Waals surface area (Å²) in [6.45, 7) is 4.75. The number of rotatable bonds is 3. The molecule has 0 atom stereocenters. The zero-order valence-electron chi connectivity index (χ0n) is 11.7. The highest BCUT2D eigenvalue weighted by molar-refractivity contribution is 5.88. The first-order valence-corrected chi connectivity index (χ1v) is 6.95. The number of fused-ring (bicyclic) bond motifs is 2. The first kappa shape index (κ1) is 13.7. The zero-order valence-corrected chi connectivity index (χ0v) is 11.7. The molecule has 5 nitrogen and oxygen atoms in total. The number of benzene rings is 1. The summed E-state index contributed by atoms with van der Waals surface area (Å²) < 4.78 is 5.10. The fraction of sp³-hybridized carbons (Fsp3) is 0.375. The van der Waals surface area contributed by atoms with Gasteiger partial charge in [0, 0.05) is 18.5 Å². The van der Waals surface area contributed by atoms with Crippen LogP contribution in [0, 0.1) is 0 Å². The van der Waals surface area contributed by atoms with E-state index in [1.807, 2.05) is 6.07 Å². The average Bonchev–Trinajstić information content (AvgIpc) is 3.24. The number of aromatic carboxylic acids is 1. The largest absolute Gasteiger partial charge is 0.478 e. The van der Waals surface area contributed by atoms with Crippen molar-refractivity contribution in [1.29, 1.82) is 0 Å². The Balaban J connectivity index is 1.89. The highest BCUT2D eigenvalue weighted by atomic mass is 16.6. The highest BCUT2D eigenvalue weighted by Gasteiger charge is 2.50. The van der Waals surface area contributed by atoms with Crippen molar-refractivity contribution >= 4 is 12.1 Å². The van der Waals surface area contributed by atoms with E-state index in [-0.39, 0.29) is 23.7 Å². The van der Waals surface area contributed by atoms with E-state index in [1.165, 1.54) is 11.6 Å². The second-order valence-corrected chi connectivity index (χ2v) is 5.68. The van der Waals surface area contributed by atoms with Crippen molar-refractivity contribution < 1.29 is 19.4 Å². The van der Waals surface area contributed by atoms with Crippen LogP contribution in [0.5, 0.6) is 0 Å². The fourth-order valence-corrected chi connectivity index (χ4v) is 3.02. The molecule has 1 spiro atoms. The number of nitrogens with zero attached hydrogens (tertiary/aromatic N) is 1. The van der Waals surface area contributed by atoms with Crippen LogP contribution in [0.25, 0.3) is 0 Å². The van der Waals surface area contributed by atoms with Crippen LogP contribution in [-0.4, -0.2) is 35.2 Å². The minimum Gasteiger partial charge on any atom is -0.478 e. The molecule has 1 amide bonds. The van der Waals surface area contributed by atoms with Gasteiger partial charge in [0.15, 0.2) is 0 Å². The average molecular weight is 287 g/mol. The molecule has 0 saturated heterocycles. The summed E-state index contributed by atoms with van der Waals surface area (Å²) >= 11 is 0. The SMILES string of the molecule is C=CCOC(=O)N1Cc2cc(C(=O)O)ccc2C2(CC2)C1. The van der Waals surface area contributed by atoms with Crippen LogP contribution in [0.15, 0.2) is 30.9 Å². The monoisotopic (exact) mass is 287 g/mol. The predicted molar refractivity (Wildman–Crippen MR) is 76.3 cm³/mol. The molecule has 3 rings (SSSR count). The maximum absolute atomic E-state index is 12.0. The maximum Gasteiger partial charge on any atom is 0.410 e.